The molecule has 144 valence electrons. The number of hydrogen-bond donors (Lipinski definition) is 2. The molecule has 0 saturated heterocycles. The minimum atomic E-state index is -0.233. The number of ether oxygens (including phenoxy) is 2. The molecule has 1 aromatic heterocycles. The average Bonchev–Trinajstić information content (AvgIpc) is 2.70. The molecule has 28 heavy (non-hydrogen) atoms. The first-order valence-corrected chi connectivity index (χ1v) is 8.90. The van der Waals surface area contributed by atoms with Crippen LogP contribution >= 0.6 is 11.6 Å². The second-order valence-corrected chi connectivity index (χ2v) is 6.47. The van der Waals surface area contributed by atoms with Gasteiger partial charge in [-0.1, -0.05) is 11.6 Å². The van der Waals surface area contributed by atoms with Crippen molar-refractivity contribution < 1.29 is 14.3 Å². The average molecular weight is 398 g/mol. The number of nitrogens with zero attached hydrogens (tertiary/aromatic N) is 1. The highest BCUT2D eigenvalue weighted by Crippen LogP contribution is 2.31. The Morgan fingerprint density at radius 2 is 1.79 bits per heavy atom. The molecule has 1 amide bonds. The number of benzene rings is 2. The van der Waals surface area contributed by atoms with Crippen LogP contribution in [0.4, 0.5) is 17.2 Å². The summed E-state index contributed by atoms with van der Waals surface area (Å²) in [7, 11) is 3.15. The van der Waals surface area contributed by atoms with Crippen LogP contribution in [0.15, 0.2) is 54.7 Å². The molecular weight excluding hydrogens is 378 g/mol. The third-order valence-electron chi connectivity index (χ3n) is 4.11. The molecule has 0 bridgehead atoms. The van der Waals surface area contributed by atoms with Gasteiger partial charge >= 0.3 is 0 Å². The number of nitrogens with one attached hydrogen (secondary N) is 2. The molecule has 2 aromatic carbocycles. The highest BCUT2D eigenvalue weighted by atomic mass is 35.5. The number of anilines is 3. The lowest BCUT2D eigenvalue weighted by atomic mass is 10.2. The maximum absolute atomic E-state index is 12.6. The number of amides is 1. The normalized spacial score (nSPS) is 10.3. The second-order valence-electron chi connectivity index (χ2n) is 6.04. The van der Waals surface area contributed by atoms with Crippen molar-refractivity contribution in [3.63, 3.8) is 0 Å². The summed E-state index contributed by atoms with van der Waals surface area (Å²) in [5, 5.41) is 6.68. The van der Waals surface area contributed by atoms with Crippen LogP contribution in [0, 0.1) is 6.92 Å². The van der Waals surface area contributed by atoms with Crippen molar-refractivity contribution in [2.45, 2.75) is 6.92 Å². The van der Waals surface area contributed by atoms with E-state index in [1.807, 2.05) is 13.0 Å². The zero-order chi connectivity index (χ0) is 20.1. The number of methoxy groups -OCH3 is 2. The first-order chi connectivity index (χ1) is 13.5. The van der Waals surface area contributed by atoms with E-state index < -0.39 is 0 Å². The van der Waals surface area contributed by atoms with E-state index in [-0.39, 0.29) is 5.91 Å². The fraction of sp³-hybridized carbons (Fsp3) is 0.143. The summed E-state index contributed by atoms with van der Waals surface area (Å²) in [6.07, 6.45) is 1.58. The van der Waals surface area contributed by atoms with Crippen molar-refractivity contribution in [3.8, 4) is 11.5 Å². The first kappa shape index (κ1) is 19.5. The second kappa shape index (κ2) is 8.63. The Kier molecular flexibility index (Phi) is 6.01. The standard InChI is InChI=1S/C21H20ClN3O3/c1-13-10-15(22)4-6-17(13)25-21(26)14-8-9-23-20(11-14)24-16-5-7-18(27-2)19(12-16)28-3/h4-12H,1-3H3,(H,23,24)(H,25,26). The summed E-state index contributed by atoms with van der Waals surface area (Å²) in [4.78, 5) is 16.9. The van der Waals surface area contributed by atoms with Gasteiger partial charge in [0, 0.05) is 34.2 Å². The molecule has 7 heteroatoms. The van der Waals surface area contributed by atoms with Crippen molar-refractivity contribution in [1.29, 1.82) is 0 Å². The fourth-order valence-corrected chi connectivity index (χ4v) is 2.89. The summed E-state index contributed by atoms with van der Waals surface area (Å²) in [5.41, 5.74) is 2.84. The third-order valence-corrected chi connectivity index (χ3v) is 4.35. The maximum Gasteiger partial charge on any atom is 0.255 e. The fourth-order valence-electron chi connectivity index (χ4n) is 2.66. The number of rotatable bonds is 6. The molecule has 0 aliphatic rings. The molecule has 2 N–H and O–H groups in total. The Hall–Kier alpha value is -3.25. The predicted octanol–water partition coefficient (Wildman–Crippen LogP) is 5.06. The summed E-state index contributed by atoms with van der Waals surface area (Å²) < 4.78 is 10.5. The van der Waals surface area contributed by atoms with Gasteiger partial charge in [0.1, 0.15) is 5.82 Å². The van der Waals surface area contributed by atoms with Gasteiger partial charge in [0.15, 0.2) is 11.5 Å². The monoisotopic (exact) mass is 397 g/mol. The zero-order valence-electron chi connectivity index (χ0n) is 15.7. The van der Waals surface area contributed by atoms with Crippen LogP contribution in [0.2, 0.25) is 5.02 Å². The summed E-state index contributed by atoms with van der Waals surface area (Å²) >= 11 is 5.96. The molecule has 0 fully saturated rings. The van der Waals surface area contributed by atoms with Gasteiger partial charge in [-0.25, -0.2) is 4.98 Å². The SMILES string of the molecule is COc1ccc(Nc2cc(C(=O)Nc3ccc(Cl)cc3C)ccn2)cc1OC. The topological polar surface area (TPSA) is 72.5 Å². The molecule has 3 rings (SSSR count). The minimum Gasteiger partial charge on any atom is -0.493 e. The summed E-state index contributed by atoms with van der Waals surface area (Å²) in [6, 6.07) is 14.1. The third kappa shape index (κ3) is 4.53. The zero-order valence-corrected chi connectivity index (χ0v) is 16.5. The van der Waals surface area contributed by atoms with Crippen LogP contribution in [0.5, 0.6) is 11.5 Å². The highest BCUT2D eigenvalue weighted by molar-refractivity contribution is 6.30. The van der Waals surface area contributed by atoms with Crippen LogP contribution in [0.1, 0.15) is 15.9 Å². The number of aromatic nitrogens is 1. The number of halogens is 1. The molecule has 3 aromatic rings. The Balaban J connectivity index is 1.77. The molecule has 6 nitrogen and oxygen atoms in total. The molecule has 0 atom stereocenters. The molecule has 1 heterocycles. The van der Waals surface area contributed by atoms with E-state index in [1.54, 1.807) is 62.9 Å². The van der Waals surface area contributed by atoms with Gasteiger partial charge in [-0.05, 0) is 55.0 Å². The molecule has 0 aliphatic carbocycles. The van der Waals surface area contributed by atoms with Crippen LogP contribution in [-0.2, 0) is 0 Å². The van der Waals surface area contributed by atoms with Crippen LogP contribution < -0.4 is 20.1 Å². The first-order valence-electron chi connectivity index (χ1n) is 8.53. The molecule has 0 spiro atoms. The van der Waals surface area contributed by atoms with E-state index in [2.05, 4.69) is 15.6 Å². The van der Waals surface area contributed by atoms with Gasteiger partial charge in [0.05, 0.1) is 14.2 Å². The van der Waals surface area contributed by atoms with Crippen LogP contribution in [-0.4, -0.2) is 25.1 Å². The van der Waals surface area contributed by atoms with Crippen LogP contribution in [0.25, 0.3) is 0 Å². The lowest BCUT2D eigenvalue weighted by Gasteiger charge is -2.12. The van der Waals surface area contributed by atoms with Gasteiger partial charge in [0.25, 0.3) is 5.91 Å². The number of hydrogen-bond acceptors (Lipinski definition) is 5. The smallest absolute Gasteiger partial charge is 0.255 e. The maximum atomic E-state index is 12.6. The van der Waals surface area contributed by atoms with Crippen molar-refractivity contribution in [2.24, 2.45) is 0 Å². The quantitative estimate of drug-likeness (QED) is 0.608. The Morgan fingerprint density at radius 1 is 1.00 bits per heavy atom. The van der Waals surface area contributed by atoms with Gasteiger partial charge in [-0.2, -0.15) is 0 Å². The molecular formula is C21H20ClN3O3. The van der Waals surface area contributed by atoms with E-state index in [0.717, 1.165) is 11.3 Å². The number of carbonyl (C=O) groups excluding carboxylic acids is 1. The van der Waals surface area contributed by atoms with Gasteiger partial charge in [0.2, 0.25) is 0 Å². The number of carbonyl (C=O) groups is 1. The molecule has 0 saturated carbocycles. The van der Waals surface area contributed by atoms with Gasteiger partial charge in [-0.3, -0.25) is 4.79 Å². The molecule has 0 unspecified atom stereocenters. The number of aryl methyl sites for hydroxylation is 1. The van der Waals surface area contributed by atoms with Crippen molar-refractivity contribution >= 4 is 34.7 Å². The Morgan fingerprint density at radius 3 is 2.50 bits per heavy atom. The predicted molar refractivity (Wildman–Crippen MR) is 111 cm³/mol. The molecule has 0 radical (unpaired) electrons. The van der Waals surface area contributed by atoms with Gasteiger partial charge < -0.3 is 20.1 Å². The molecule has 0 aliphatic heterocycles. The minimum absolute atomic E-state index is 0.233. The van der Waals surface area contributed by atoms with E-state index in [9.17, 15) is 4.79 Å². The Labute approximate surface area is 168 Å². The highest BCUT2D eigenvalue weighted by Gasteiger charge is 2.10. The summed E-state index contributed by atoms with van der Waals surface area (Å²) in [6.45, 7) is 1.89. The van der Waals surface area contributed by atoms with Crippen LogP contribution in [0.3, 0.4) is 0 Å². The van der Waals surface area contributed by atoms with E-state index >= 15 is 0 Å². The lowest BCUT2D eigenvalue weighted by Crippen LogP contribution is -2.13. The number of pyridine rings is 1. The van der Waals surface area contributed by atoms with E-state index in [4.69, 9.17) is 21.1 Å². The van der Waals surface area contributed by atoms with E-state index in [1.165, 1.54) is 0 Å². The van der Waals surface area contributed by atoms with Gasteiger partial charge in [-0.15, -0.1) is 0 Å². The van der Waals surface area contributed by atoms with Crippen molar-refractivity contribution in [1.82, 2.24) is 4.98 Å². The Bertz CT molecular complexity index is 1010. The largest absolute Gasteiger partial charge is 0.493 e. The lowest BCUT2D eigenvalue weighted by molar-refractivity contribution is 0.102. The summed E-state index contributed by atoms with van der Waals surface area (Å²) in [5.74, 6) is 1.53. The van der Waals surface area contributed by atoms with E-state index in [0.29, 0.717) is 33.6 Å². The van der Waals surface area contributed by atoms with Crippen molar-refractivity contribution in [2.75, 3.05) is 24.9 Å². The van der Waals surface area contributed by atoms with Crippen molar-refractivity contribution in [3.05, 3.63) is 70.9 Å².